The van der Waals surface area contributed by atoms with Crippen molar-refractivity contribution >= 4 is 65.0 Å². The Labute approximate surface area is 608 Å². The second kappa shape index (κ2) is 35.9. The van der Waals surface area contributed by atoms with E-state index in [9.17, 15) is 50.3 Å². The average molecular weight is 1510 g/mol. The molecule has 105 heavy (non-hydrogen) atoms. The number of hydrogen-bond donors (Lipinski definition) is 3. The van der Waals surface area contributed by atoms with Crippen molar-refractivity contribution in [3.8, 4) is 0 Å². The summed E-state index contributed by atoms with van der Waals surface area (Å²) in [6, 6.07) is -11.1. The fraction of sp³-hybridized carbons (Fsp3) is 0.819. The number of fused-ring (bicyclic) bond motifs is 3. The molecule has 4 aliphatic carbocycles. The minimum absolute atomic E-state index is 0.00524. The van der Waals surface area contributed by atoms with Gasteiger partial charge in [-0.25, -0.2) is 17.6 Å². The minimum Gasteiger partial charge on any atom is -0.377 e. The first-order chi connectivity index (χ1) is 49.1. The molecule has 2 bridgehead atoms. The van der Waals surface area contributed by atoms with Crippen molar-refractivity contribution in [1.82, 2.24) is 55.1 Å². The molecule has 0 aromatic rings. The van der Waals surface area contributed by atoms with Gasteiger partial charge in [0.2, 0.25) is 65.0 Å². The molecule has 6 fully saturated rings. The molecular weight excluding hydrogens is 1400 g/mol. The molecule has 11 amide bonds. The lowest BCUT2D eigenvalue weighted by atomic mass is 9.71. The molecule has 3 N–H and O–H groups in total. The topological polar surface area (TPSA) is 259 Å². The van der Waals surface area contributed by atoms with Gasteiger partial charge in [0.1, 0.15) is 66.1 Å². The van der Waals surface area contributed by atoms with Crippen LogP contribution in [0.25, 0.3) is 0 Å². The van der Waals surface area contributed by atoms with Crippen molar-refractivity contribution in [3.63, 3.8) is 0 Å². The summed E-state index contributed by atoms with van der Waals surface area (Å²) in [4.78, 5) is 173. The number of alkyl halides is 10. The lowest BCUT2D eigenvalue weighted by Crippen LogP contribution is -2.72. The molecule has 3 aliphatic heterocycles. The Balaban J connectivity index is 1.31. The molecule has 1 spiro atoms. The zero-order valence-corrected chi connectivity index (χ0v) is 62.3. The predicted molar refractivity (Wildman–Crippen MR) is 364 cm³/mol. The van der Waals surface area contributed by atoms with Gasteiger partial charge in [0.15, 0.2) is 0 Å². The van der Waals surface area contributed by atoms with Gasteiger partial charge >= 0.3 is 12.4 Å². The van der Waals surface area contributed by atoms with Crippen LogP contribution in [0.1, 0.15) is 176 Å². The van der Waals surface area contributed by atoms with Gasteiger partial charge in [-0.15, -0.1) is 0 Å². The Morgan fingerprint density at radius 3 is 1.79 bits per heavy atom. The molecule has 7 aliphatic rings. The van der Waals surface area contributed by atoms with Crippen LogP contribution in [0.5, 0.6) is 0 Å². The van der Waals surface area contributed by atoms with E-state index in [-0.39, 0.29) is 83.8 Å². The quantitative estimate of drug-likeness (QED) is 0.129. The van der Waals surface area contributed by atoms with Crippen LogP contribution in [0, 0.1) is 35.5 Å². The molecule has 0 aromatic carbocycles. The van der Waals surface area contributed by atoms with Crippen LogP contribution in [0.15, 0.2) is 12.2 Å². The first-order valence-corrected chi connectivity index (χ1v) is 37.3. The van der Waals surface area contributed by atoms with Crippen LogP contribution in [0.2, 0.25) is 0 Å². The third-order valence-corrected chi connectivity index (χ3v) is 23.4. The normalized spacial score (nSPS) is 33.1. The van der Waals surface area contributed by atoms with E-state index in [1.807, 2.05) is 0 Å². The third-order valence-electron chi connectivity index (χ3n) is 23.4. The Kier molecular flexibility index (Phi) is 29.2. The van der Waals surface area contributed by atoms with Crippen molar-refractivity contribution in [2.75, 3.05) is 75.1 Å². The highest BCUT2D eigenvalue weighted by molar-refractivity contribution is 6.00. The van der Waals surface area contributed by atoms with Gasteiger partial charge in [0.25, 0.3) is 5.92 Å². The van der Waals surface area contributed by atoms with E-state index in [0.717, 1.165) is 24.5 Å². The second-order valence-corrected chi connectivity index (χ2v) is 30.6. The molecule has 0 radical (unpaired) electrons. The number of nitrogens with zero attached hydrogens (tertiary/aromatic N) is 8. The van der Waals surface area contributed by atoms with Crippen molar-refractivity contribution in [3.05, 3.63) is 12.2 Å². The number of likely N-dealkylation sites (N-methyl/N-ethyl adjacent to an activating group) is 6. The molecule has 594 valence electrons. The smallest absolute Gasteiger partial charge is 0.377 e. The summed E-state index contributed by atoms with van der Waals surface area (Å²) >= 11 is 0. The number of carbonyl (C=O) groups excluding carboxylic acids is 11. The zero-order chi connectivity index (χ0) is 78.1. The van der Waals surface area contributed by atoms with Gasteiger partial charge in [-0.05, 0) is 127 Å². The third kappa shape index (κ3) is 20.5. The highest BCUT2D eigenvalue weighted by Gasteiger charge is 2.64. The Bertz CT molecular complexity index is 3120. The summed E-state index contributed by atoms with van der Waals surface area (Å²) in [6.45, 7) is 6.25. The highest BCUT2D eigenvalue weighted by Crippen LogP contribution is 2.49. The number of halogens is 10. The standard InChI is InChI=1S/C72H109F10N11O12/c1-12-41(5)59-66(102)87(7)38-57(96)90(10)52-23-17-16-20-30-92(65(52)101)54(33-42-24-27-45(28-25-42)71(77,78)79)64(100)86(6)37-55(94)83-50(29-26-43-31-48(73)58(49(74)32-43)72(80,81)82)63(99)93-36-47(105-15-4)35-53(93)62(98)85-69(39-70(75,76)40-69)68(104)91(11)60(44-21-18-19-22-44)67(103)88(8)46(13-2)34-56(95)89(9)51(14-3)61(97)84-59/h16-17,41-54,58-60H,12-15,18-40H2,1-11H3,(H,83,94)(H,84,97)(H,85,98)/b17-16-/t41-,42?,43?,45?,46+,47+,48?,49?,50-,51-,52-,53-,54-,58?,59-,60-/m0/s1. The monoisotopic (exact) mass is 1510 g/mol. The SMILES string of the molecule is CCO[C@@H]1C[C@H]2C(=O)NC3(CC(F)(F)C3)C(=O)N(C)[C@@H](C3CCCC3)C(=O)N(C)[C@H](CC)CC(=O)N(C)[C@@H](CC)C(=O)N[C@@H]([C@@H](C)CC)C(=O)N(C)CC(=O)N(C)[C@H]3C/C=C\CCN(C3=O)[C@@H](CC3CCC(C(F)(F)F)CC3)C(=O)N(C)CC(=O)N[C@@H](CCC3CC(F)C(C(F)(F)F)C(F)C3)C(=O)N2C1. The van der Waals surface area contributed by atoms with E-state index in [1.54, 1.807) is 46.8 Å². The second-order valence-electron chi connectivity index (χ2n) is 30.6. The molecule has 3 heterocycles. The zero-order valence-electron chi connectivity index (χ0n) is 62.3. The number of hydrogen-bond acceptors (Lipinski definition) is 12. The number of ether oxygens (including phenoxy) is 1. The van der Waals surface area contributed by atoms with Crippen molar-refractivity contribution in [2.45, 2.75) is 266 Å². The van der Waals surface area contributed by atoms with Crippen LogP contribution in [0.4, 0.5) is 43.9 Å². The van der Waals surface area contributed by atoms with Gasteiger partial charge in [0, 0.05) is 93.7 Å². The van der Waals surface area contributed by atoms with Crippen LogP contribution < -0.4 is 16.0 Å². The van der Waals surface area contributed by atoms with E-state index in [2.05, 4.69) is 16.0 Å². The van der Waals surface area contributed by atoms with E-state index in [1.165, 1.54) is 57.0 Å². The van der Waals surface area contributed by atoms with Gasteiger partial charge in [-0.2, -0.15) is 26.3 Å². The maximum atomic E-state index is 15.6. The summed E-state index contributed by atoms with van der Waals surface area (Å²) in [5, 5.41) is 7.89. The molecule has 7 rings (SSSR count). The van der Waals surface area contributed by atoms with Crippen molar-refractivity contribution in [2.24, 2.45) is 35.5 Å². The largest absolute Gasteiger partial charge is 0.397 e. The number of rotatable bonds is 12. The predicted octanol–water partition coefficient (Wildman–Crippen LogP) is 7.28. The van der Waals surface area contributed by atoms with Crippen molar-refractivity contribution in [1.29, 1.82) is 0 Å². The Morgan fingerprint density at radius 1 is 0.610 bits per heavy atom. The summed E-state index contributed by atoms with van der Waals surface area (Å²) in [6.07, 6.45) is -16.8. The summed E-state index contributed by atoms with van der Waals surface area (Å²) < 4.78 is 152. The summed E-state index contributed by atoms with van der Waals surface area (Å²) in [5.74, 6) is -20.6. The highest BCUT2D eigenvalue weighted by atomic mass is 19.4. The van der Waals surface area contributed by atoms with Crippen LogP contribution in [0.3, 0.4) is 0 Å². The number of nitrogens with one attached hydrogen (secondary N) is 3. The van der Waals surface area contributed by atoms with Gasteiger partial charge in [-0.1, -0.05) is 59.1 Å². The van der Waals surface area contributed by atoms with E-state index < -0.39 is 249 Å². The van der Waals surface area contributed by atoms with Crippen LogP contribution >= 0.6 is 0 Å². The Morgan fingerprint density at radius 2 is 1.23 bits per heavy atom. The summed E-state index contributed by atoms with van der Waals surface area (Å²) in [7, 11) is 7.87. The van der Waals surface area contributed by atoms with Gasteiger partial charge in [-0.3, -0.25) is 52.7 Å². The lowest BCUT2D eigenvalue weighted by Gasteiger charge is -2.50. The molecular formula is C72H109F10N11O12. The van der Waals surface area contributed by atoms with E-state index >= 15 is 46.3 Å². The average Bonchev–Trinajstić information content (AvgIpc) is 1.37. The first kappa shape index (κ1) is 85.4. The molecule has 12 atom stereocenters. The van der Waals surface area contributed by atoms with Crippen LogP contribution in [-0.2, 0) is 57.5 Å². The van der Waals surface area contributed by atoms with Crippen LogP contribution in [-0.4, -0.2) is 270 Å². The minimum atomic E-state index is -5.25. The fourth-order valence-electron chi connectivity index (χ4n) is 16.9. The first-order valence-electron chi connectivity index (χ1n) is 37.3. The van der Waals surface area contributed by atoms with E-state index in [0.29, 0.717) is 32.1 Å². The molecule has 0 aromatic heterocycles. The van der Waals surface area contributed by atoms with Gasteiger partial charge < -0.3 is 59.9 Å². The summed E-state index contributed by atoms with van der Waals surface area (Å²) in [5.41, 5.74) is -2.42. The maximum absolute atomic E-state index is 15.6. The number of amides is 11. The van der Waals surface area contributed by atoms with E-state index in [4.69, 9.17) is 4.74 Å². The Hall–Kier alpha value is -6.83. The molecule has 2 unspecified atom stereocenters. The lowest BCUT2D eigenvalue weighted by molar-refractivity contribution is -0.219. The van der Waals surface area contributed by atoms with Gasteiger partial charge in [0.05, 0.1) is 25.1 Å². The molecule has 2 saturated heterocycles. The fourth-order valence-corrected chi connectivity index (χ4v) is 16.9. The molecule has 4 saturated carbocycles. The molecule has 33 heteroatoms. The van der Waals surface area contributed by atoms with Crippen molar-refractivity contribution < 1.29 is 101 Å². The molecule has 23 nitrogen and oxygen atoms in total. The maximum Gasteiger partial charge on any atom is 0.397 e. The number of carbonyl (C=O) groups is 11.